The third kappa shape index (κ3) is 7.06. The summed E-state index contributed by atoms with van der Waals surface area (Å²) in [4.78, 5) is 18.3. The second kappa shape index (κ2) is 13.5. The first-order valence-electron chi connectivity index (χ1n) is 13.3. The number of imidazole rings is 1. The summed E-state index contributed by atoms with van der Waals surface area (Å²) in [6.07, 6.45) is 1.76. The maximum atomic E-state index is 13.7. The summed E-state index contributed by atoms with van der Waals surface area (Å²) < 4.78 is 41.1. The van der Waals surface area contributed by atoms with Gasteiger partial charge in [0.25, 0.3) is 0 Å². The SMILES string of the molecule is COc1ccc(-n2cc(-c3ccc(Cl)cc3)nc2NC(=O)CN(Cc2ccccc2)S(=O)(=O)c2ccc(Cl)cc2)cc1OC. The molecule has 1 aromatic heterocycles. The molecule has 0 radical (unpaired) electrons. The van der Waals surface area contributed by atoms with Gasteiger partial charge < -0.3 is 9.47 Å². The standard InChI is InChI=1S/C32H28Cl2N4O5S/c1-42-29-17-14-26(18-30(29)43-2)38-20-28(23-8-10-24(33)11-9-23)35-32(38)36-31(39)21-37(19-22-6-4-3-5-7-22)44(40,41)27-15-12-25(34)13-16-27/h3-18,20H,19,21H2,1-2H3,(H,35,36,39). The number of anilines is 1. The summed E-state index contributed by atoms with van der Waals surface area (Å²) in [5.41, 5.74) is 2.66. The number of sulfonamides is 1. The van der Waals surface area contributed by atoms with Gasteiger partial charge >= 0.3 is 0 Å². The van der Waals surface area contributed by atoms with Gasteiger partial charge in [0.1, 0.15) is 0 Å². The molecule has 1 amide bonds. The third-order valence-electron chi connectivity index (χ3n) is 6.72. The van der Waals surface area contributed by atoms with Crippen molar-refractivity contribution in [1.29, 1.82) is 0 Å². The summed E-state index contributed by atoms with van der Waals surface area (Å²) in [5.74, 6) is 0.597. The Bertz CT molecular complexity index is 1860. The number of nitrogens with one attached hydrogen (secondary N) is 1. The Kier molecular flexibility index (Phi) is 9.55. The largest absolute Gasteiger partial charge is 0.493 e. The van der Waals surface area contributed by atoms with E-state index in [-0.39, 0.29) is 17.4 Å². The van der Waals surface area contributed by atoms with Crippen molar-refractivity contribution in [2.24, 2.45) is 0 Å². The number of carbonyl (C=O) groups is 1. The number of methoxy groups -OCH3 is 2. The predicted octanol–water partition coefficient (Wildman–Crippen LogP) is 6.69. The highest BCUT2D eigenvalue weighted by Gasteiger charge is 2.28. The van der Waals surface area contributed by atoms with Gasteiger partial charge in [0.2, 0.25) is 21.9 Å². The number of carbonyl (C=O) groups excluding carboxylic acids is 1. The van der Waals surface area contributed by atoms with Crippen LogP contribution in [0.2, 0.25) is 10.0 Å². The molecule has 226 valence electrons. The van der Waals surface area contributed by atoms with Crippen molar-refractivity contribution in [2.75, 3.05) is 26.1 Å². The van der Waals surface area contributed by atoms with E-state index in [0.717, 1.165) is 15.4 Å². The van der Waals surface area contributed by atoms with Crippen molar-refractivity contribution in [1.82, 2.24) is 13.9 Å². The van der Waals surface area contributed by atoms with E-state index in [0.29, 0.717) is 32.9 Å². The van der Waals surface area contributed by atoms with Crippen LogP contribution < -0.4 is 14.8 Å². The van der Waals surface area contributed by atoms with E-state index in [2.05, 4.69) is 10.3 Å². The van der Waals surface area contributed by atoms with Gasteiger partial charge in [-0.1, -0.05) is 65.7 Å². The first kappa shape index (κ1) is 31.1. The molecule has 0 aliphatic heterocycles. The lowest BCUT2D eigenvalue weighted by molar-refractivity contribution is -0.116. The number of nitrogens with zero attached hydrogens (tertiary/aromatic N) is 3. The van der Waals surface area contributed by atoms with Crippen LogP contribution in [0.4, 0.5) is 5.95 Å². The van der Waals surface area contributed by atoms with Crippen molar-refractivity contribution in [2.45, 2.75) is 11.4 Å². The number of benzene rings is 4. The van der Waals surface area contributed by atoms with Gasteiger partial charge in [-0.3, -0.25) is 14.7 Å². The number of hydrogen-bond acceptors (Lipinski definition) is 6. The van der Waals surface area contributed by atoms with Gasteiger partial charge in [0, 0.05) is 34.4 Å². The maximum absolute atomic E-state index is 13.7. The fourth-order valence-corrected chi connectivity index (χ4v) is 6.13. The second-order valence-corrected chi connectivity index (χ2v) is 12.4. The molecular weight excluding hydrogens is 623 g/mol. The van der Waals surface area contributed by atoms with Crippen LogP contribution in [0.3, 0.4) is 0 Å². The van der Waals surface area contributed by atoms with Gasteiger partial charge in [0.15, 0.2) is 11.5 Å². The number of rotatable bonds is 11. The number of amides is 1. The molecule has 0 aliphatic rings. The Morgan fingerprint density at radius 2 is 1.50 bits per heavy atom. The van der Waals surface area contributed by atoms with Gasteiger partial charge in [-0.2, -0.15) is 4.31 Å². The molecule has 1 heterocycles. The molecule has 5 rings (SSSR count). The Morgan fingerprint density at radius 1 is 0.864 bits per heavy atom. The van der Waals surface area contributed by atoms with Crippen LogP contribution in [0.5, 0.6) is 11.5 Å². The van der Waals surface area contributed by atoms with Crippen LogP contribution in [-0.4, -0.2) is 48.9 Å². The molecule has 1 N–H and O–H groups in total. The molecule has 0 saturated carbocycles. The van der Waals surface area contributed by atoms with Gasteiger partial charge in [-0.25, -0.2) is 13.4 Å². The quantitative estimate of drug-likeness (QED) is 0.171. The molecule has 0 atom stereocenters. The normalized spacial score (nSPS) is 11.4. The molecule has 0 spiro atoms. The lowest BCUT2D eigenvalue weighted by Crippen LogP contribution is -2.38. The van der Waals surface area contributed by atoms with E-state index >= 15 is 0 Å². The second-order valence-electron chi connectivity index (χ2n) is 9.63. The van der Waals surface area contributed by atoms with Crippen molar-refractivity contribution < 1.29 is 22.7 Å². The summed E-state index contributed by atoms with van der Waals surface area (Å²) in [7, 11) is -1.01. The molecule has 9 nitrogen and oxygen atoms in total. The average Bonchev–Trinajstić information content (AvgIpc) is 3.44. The van der Waals surface area contributed by atoms with Gasteiger partial charge in [-0.05, 0) is 54.1 Å². The van der Waals surface area contributed by atoms with Gasteiger partial charge in [0.05, 0.1) is 37.0 Å². The monoisotopic (exact) mass is 650 g/mol. The smallest absolute Gasteiger partial charge is 0.243 e. The predicted molar refractivity (Wildman–Crippen MR) is 171 cm³/mol. The molecular formula is C32H28Cl2N4O5S. The van der Waals surface area contributed by atoms with Crippen LogP contribution in [0.15, 0.2) is 108 Å². The number of hydrogen-bond donors (Lipinski definition) is 1. The van der Waals surface area contributed by atoms with E-state index in [1.165, 1.54) is 31.4 Å². The Balaban J connectivity index is 1.50. The molecule has 0 unspecified atom stereocenters. The minimum atomic E-state index is -4.08. The van der Waals surface area contributed by atoms with Crippen LogP contribution in [0.1, 0.15) is 5.56 Å². The van der Waals surface area contributed by atoms with Gasteiger partial charge in [-0.15, -0.1) is 0 Å². The van der Waals surface area contributed by atoms with Crippen LogP contribution in [-0.2, 0) is 21.4 Å². The highest BCUT2D eigenvalue weighted by atomic mass is 35.5. The fraction of sp³-hybridized carbons (Fsp3) is 0.125. The summed E-state index contributed by atoms with van der Waals surface area (Å²) in [6.45, 7) is -0.506. The number of aromatic nitrogens is 2. The molecule has 0 aliphatic carbocycles. The van der Waals surface area contributed by atoms with E-state index in [4.69, 9.17) is 32.7 Å². The average molecular weight is 652 g/mol. The molecule has 4 aromatic carbocycles. The third-order valence-corrected chi connectivity index (χ3v) is 9.03. The first-order chi connectivity index (χ1) is 21.2. The maximum Gasteiger partial charge on any atom is 0.243 e. The summed E-state index contributed by atoms with van der Waals surface area (Å²) in [6, 6.07) is 27.2. The summed E-state index contributed by atoms with van der Waals surface area (Å²) >= 11 is 12.1. The Labute approximate surface area is 265 Å². The van der Waals surface area contributed by atoms with E-state index in [1.807, 2.05) is 18.2 Å². The van der Waals surface area contributed by atoms with Crippen molar-refractivity contribution in [3.63, 3.8) is 0 Å². The first-order valence-corrected chi connectivity index (χ1v) is 15.5. The zero-order chi connectivity index (χ0) is 31.3. The molecule has 0 bridgehead atoms. The van der Waals surface area contributed by atoms with E-state index < -0.39 is 22.5 Å². The van der Waals surface area contributed by atoms with E-state index in [1.54, 1.807) is 72.5 Å². The summed E-state index contributed by atoms with van der Waals surface area (Å²) in [5, 5.41) is 3.78. The lowest BCUT2D eigenvalue weighted by Gasteiger charge is -2.22. The molecule has 5 aromatic rings. The lowest BCUT2D eigenvalue weighted by atomic mass is 10.2. The van der Waals surface area contributed by atoms with Crippen LogP contribution >= 0.6 is 23.2 Å². The minimum Gasteiger partial charge on any atom is -0.493 e. The molecule has 0 fully saturated rings. The zero-order valence-corrected chi connectivity index (χ0v) is 26.1. The highest BCUT2D eigenvalue weighted by Crippen LogP contribution is 2.32. The molecule has 12 heteroatoms. The van der Waals surface area contributed by atoms with Crippen LogP contribution in [0.25, 0.3) is 16.9 Å². The van der Waals surface area contributed by atoms with E-state index in [9.17, 15) is 13.2 Å². The van der Waals surface area contributed by atoms with Crippen molar-refractivity contribution >= 4 is 45.1 Å². The topological polar surface area (TPSA) is 103 Å². The Morgan fingerprint density at radius 3 is 2.14 bits per heavy atom. The van der Waals surface area contributed by atoms with Crippen molar-refractivity contribution in [3.05, 3.63) is 119 Å². The highest BCUT2D eigenvalue weighted by molar-refractivity contribution is 7.89. The zero-order valence-electron chi connectivity index (χ0n) is 23.8. The minimum absolute atomic E-state index is 0.0162. The number of ether oxygens (including phenoxy) is 2. The van der Waals surface area contributed by atoms with Crippen LogP contribution in [0, 0.1) is 0 Å². The Hall–Kier alpha value is -4.35. The molecule has 44 heavy (non-hydrogen) atoms. The molecule has 0 saturated heterocycles. The number of halogens is 2. The van der Waals surface area contributed by atoms with Crippen molar-refractivity contribution in [3.8, 4) is 28.4 Å². The fourth-order valence-electron chi connectivity index (χ4n) is 4.49.